The van der Waals surface area contributed by atoms with Gasteiger partial charge in [0.1, 0.15) is 16.7 Å². The first-order chi connectivity index (χ1) is 10.1. The average molecular weight is 313 g/mol. The van der Waals surface area contributed by atoms with Crippen LogP contribution in [0.25, 0.3) is 5.03 Å². The first-order valence-corrected chi connectivity index (χ1v) is 6.78. The largest absolute Gasteiger partial charge is 0.512 e. The predicted octanol–water partition coefficient (Wildman–Crippen LogP) is 0.193. The minimum absolute atomic E-state index is 0.0766. The third kappa shape index (κ3) is 2.03. The second-order valence-corrected chi connectivity index (χ2v) is 5.41. The van der Waals surface area contributed by atoms with E-state index in [9.17, 15) is 14.7 Å². The third-order valence-corrected chi connectivity index (χ3v) is 4.56. The summed E-state index contributed by atoms with van der Waals surface area (Å²) < 4.78 is 11.2. The summed E-state index contributed by atoms with van der Waals surface area (Å²) in [6.45, 7) is -0.298. The maximum atomic E-state index is 11.9. The zero-order valence-electron chi connectivity index (χ0n) is 10.8. The van der Waals surface area contributed by atoms with Gasteiger partial charge in [0.2, 0.25) is 17.7 Å². The Morgan fingerprint density at radius 3 is 2.90 bits per heavy atom. The Morgan fingerprint density at radius 1 is 1.57 bits per heavy atom. The molecule has 0 spiro atoms. The van der Waals surface area contributed by atoms with E-state index >= 15 is 0 Å². The van der Waals surface area contributed by atoms with E-state index in [2.05, 4.69) is 4.98 Å². The molecule has 0 unspecified atom stereocenters. The Balaban J connectivity index is 1.97. The van der Waals surface area contributed by atoms with Gasteiger partial charge in [-0.05, 0) is 0 Å². The highest BCUT2D eigenvalue weighted by Gasteiger charge is 2.56. The molecule has 1 aromatic heterocycles. The number of aliphatic hydroxyl groups is 1. The van der Waals surface area contributed by atoms with E-state index in [1.807, 2.05) is 0 Å². The molecule has 3 rings (SSSR count). The standard InChI is InChI=1S/C11H11N3O6S/c1-19-6-2-13(4-12-6)10-8(20-11(17)18)14-7(16)5(3-15)9(14)21-10/h2,4-5,9,15H,3H2,1H3,(H,17,18)/t5-,9+/m0/s1. The van der Waals surface area contributed by atoms with Crippen LogP contribution in [-0.4, -0.2) is 55.8 Å². The van der Waals surface area contributed by atoms with E-state index in [4.69, 9.17) is 14.6 Å². The normalized spacial score (nSPS) is 23.9. The number of β-lactam (4-membered cyclic amide) rings is 1. The van der Waals surface area contributed by atoms with Gasteiger partial charge in [-0.1, -0.05) is 11.8 Å². The summed E-state index contributed by atoms with van der Waals surface area (Å²) in [5.41, 5.74) is 0. The van der Waals surface area contributed by atoms with Crippen LogP contribution in [0.15, 0.2) is 18.4 Å². The molecule has 0 radical (unpaired) electrons. The number of hydrogen-bond acceptors (Lipinski definition) is 7. The lowest BCUT2D eigenvalue weighted by atomic mass is 10.00. The Morgan fingerprint density at radius 2 is 2.33 bits per heavy atom. The number of imidazole rings is 1. The fourth-order valence-electron chi connectivity index (χ4n) is 2.18. The molecule has 0 aromatic carbocycles. The van der Waals surface area contributed by atoms with Crippen LogP contribution in [0.5, 0.6) is 5.88 Å². The van der Waals surface area contributed by atoms with Crippen molar-refractivity contribution in [2.75, 3.05) is 13.7 Å². The zero-order valence-corrected chi connectivity index (χ0v) is 11.6. The number of carbonyl (C=O) groups is 2. The maximum Gasteiger partial charge on any atom is 0.512 e. The fraction of sp³-hybridized carbons (Fsp3) is 0.364. The highest BCUT2D eigenvalue weighted by atomic mass is 32.2. The van der Waals surface area contributed by atoms with Crippen LogP contribution in [0.2, 0.25) is 0 Å². The second-order valence-electron chi connectivity index (χ2n) is 4.31. The molecule has 2 aliphatic rings. The van der Waals surface area contributed by atoms with Crippen molar-refractivity contribution in [3.8, 4) is 5.88 Å². The van der Waals surface area contributed by atoms with Gasteiger partial charge >= 0.3 is 6.16 Å². The number of carbonyl (C=O) groups excluding carboxylic acids is 1. The van der Waals surface area contributed by atoms with Crippen molar-refractivity contribution in [1.29, 1.82) is 0 Å². The van der Waals surface area contributed by atoms with Gasteiger partial charge in [-0.25, -0.2) is 9.78 Å². The SMILES string of the molecule is COc1cn(C2=C(OC(=O)O)N3C(=O)[C@H](CO)[C@H]3S2)cn1. The predicted molar refractivity (Wildman–Crippen MR) is 69.9 cm³/mol. The number of carboxylic acid groups (broad SMARTS) is 1. The Bertz CT molecular complexity index is 642. The van der Waals surface area contributed by atoms with Crippen LogP contribution in [0.3, 0.4) is 0 Å². The molecule has 2 atom stereocenters. The summed E-state index contributed by atoms with van der Waals surface area (Å²) in [5.74, 6) is -0.664. The molecule has 10 heteroatoms. The molecule has 1 fully saturated rings. The quantitative estimate of drug-likeness (QED) is 0.598. The van der Waals surface area contributed by atoms with Gasteiger partial charge in [-0.2, -0.15) is 0 Å². The highest BCUT2D eigenvalue weighted by molar-refractivity contribution is 8.08. The Labute approximate surface area is 122 Å². The van der Waals surface area contributed by atoms with Crippen molar-refractivity contribution < 1.29 is 29.3 Å². The van der Waals surface area contributed by atoms with Gasteiger partial charge < -0.3 is 19.7 Å². The number of rotatable bonds is 4. The number of hydrogen-bond donors (Lipinski definition) is 2. The van der Waals surface area contributed by atoms with Gasteiger partial charge in [-0.15, -0.1) is 0 Å². The van der Waals surface area contributed by atoms with Crippen LogP contribution in [0, 0.1) is 5.92 Å². The average Bonchev–Trinajstić information content (AvgIpc) is 3.01. The molecule has 9 nitrogen and oxygen atoms in total. The first-order valence-electron chi connectivity index (χ1n) is 5.90. The minimum Gasteiger partial charge on any atom is -0.480 e. The van der Waals surface area contributed by atoms with Gasteiger partial charge in [0.25, 0.3) is 0 Å². The van der Waals surface area contributed by atoms with Crippen LogP contribution in [0.4, 0.5) is 4.79 Å². The number of nitrogens with zero attached hydrogens (tertiary/aromatic N) is 3. The highest BCUT2D eigenvalue weighted by Crippen LogP contribution is 2.51. The lowest BCUT2D eigenvalue weighted by molar-refractivity contribution is -0.151. The van der Waals surface area contributed by atoms with Crippen LogP contribution in [0.1, 0.15) is 0 Å². The van der Waals surface area contributed by atoms with E-state index in [1.54, 1.807) is 0 Å². The van der Waals surface area contributed by atoms with Crippen molar-refractivity contribution in [3.63, 3.8) is 0 Å². The van der Waals surface area contributed by atoms with Crippen LogP contribution >= 0.6 is 11.8 Å². The molecule has 2 N–H and O–H groups in total. The monoisotopic (exact) mass is 313 g/mol. The molecular formula is C11H11N3O6S. The molecule has 21 heavy (non-hydrogen) atoms. The lowest BCUT2D eigenvalue weighted by Gasteiger charge is -2.40. The van der Waals surface area contributed by atoms with Crippen LogP contribution < -0.4 is 4.74 Å². The lowest BCUT2D eigenvalue weighted by Crippen LogP contribution is -2.58. The fourth-order valence-corrected chi connectivity index (χ4v) is 3.54. The summed E-state index contributed by atoms with van der Waals surface area (Å²) in [6.07, 6.45) is 1.45. The van der Waals surface area contributed by atoms with Gasteiger partial charge in [-0.3, -0.25) is 14.3 Å². The molecular weight excluding hydrogens is 302 g/mol. The summed E-state index contributed by atoms with van der Waals surface area (Å²) in [7, 11) is 1.45. The van der Waals surface area contributed by atoms with E-state index in [-0.39, 0.29) is 23.8 Å². The molecule has 0 aliphatic carbocycles. The number of ether oxygens (including phenoxy) is 2. The molecule has 2 aliphatic heterocycles. The molecule has 1 aromatic rings. The summed E-state index contributed by atoms with van der Waals surface area (Å²) >= 11 is 1.23. The number of aliphatic hydroxyl groups excluding tert-OH is 1. The molecule has 112 valence electrons. The van der Waals surface area contributed by atoms with Crippen molar-refractivity contribution in [1.82, 2.24) is 14.5 Å². The van der Waals surface area contributed by atoms with Gasteiger partial charge in [0.05, 0.1) is 25.8 Å². The van der Waals surface area contributed by atoms with Crippen molar-refractivity contribution in [3.05, 3.63) is 18.4 Å². The number of aromatic nitrogens is 2. The third-order valence-electron chi connectivity index (χ3n) is 3.17. The summed E-state index contributed by atoms with van der Waals surface area (Å²) in [4.78, 5) is 27.9. The molecule has 0 bridgehead atoms. The number of amides is 1. The maximum absolute atomic E-state index is 11.9. The summed E-state index contributed by atoms with van der Waals surface area (Å²) in [6, 6.07) is 0. The van der Waals surface area contributed by atoms with E-state index < -0.39 is 12.1 Å². The Kier molecular flexibility index (Phi) is 3.26. The second kappa shape index (κ2) is 4.97. The zero-order chi connectivity index (χ0) is 15.1. The van der Waals surface area contributed by atoms with E-state index in [0.29, 0.717) is 10.9 Å². The topological polar surface area (TPSA) is 114 Å². The minimum atomic E-state index is -1.52. The smallest absolute Gasteiger partial charge is 0.480 e. The van der Waals surface area contributed by atoms with Gasteiger partial charge in [0.15, 0.2) is 0 Å². The van der Waals surface area contributed by atoms with E-state index in [1.165, 1.54) is 40.9 Å². The molecule has 0 saturated carbocycles. The molecule has 3 heterocycles. The van der Waals surface area contributed by atoms with Crippen molar-refractivity contribution in [2.45, 2.75) is 5.37 Å². The van der Waals surface area contributed by atoms with Crippen LogP contribution in [-0.2, 0) is 9.53 Å². The number of thioether (sulfide) groups is 1. The number of methoxy groups -OCH3 is 1. The molecule has 1 amide bonds. The van der Waals surface area contributed by atoms with Crippen molar-refractivity contribution in [2.24, 2.45) is 5.92 Å². The van der Waals surface area contributed by atoms with Gasteiger partial charge in [0, 0.05) is 0 Å². The Hall–Kier alpha value is -2.20. The van der Waals surface area contributed by atoms with Crippen molar-refractivity contribution >= 4 is 28.9 Å². The molecule has 1 saturated heterocycles. The number of fused-ring (bicyclic) bond motifs is 1. The first kappa shape index (κ1) is 13.8. The van der Waals surface area contributed by atoms with E-state index in [0.717, 1.165) is 0 Å². The summed E-state index contributed by atoms with van der Waals surface area (Å²) in [5, 5.41) is 18.1.